The third kappa shape index (κ3) is 5.12. The topological polar surface area (TPSA) is 101 Å². The molecule has 154 valence electrons. The summed E-state index contributed by atoms with van der Waals surface area (Å²) in [5, 5.41) is 12.2. The SMILES string of the molecule is CS(=O)(=O)c1ccc(C([O-])=C2C(=O)CCCC2=O)c(Cl)c1COCC(F)(F)F. The molecular weight excluding hydrogens is 425 g/mol. The van der Waals surface area contributed by atoms with E-state index in [1.54, 1.807) is 0 Å². The molecule has 0 heterocycles. The van der Waals surface area contributed by atoms with E-state index in [0.29, 0.717) is 6.42 Å². The quantitative estimate of drug-likeness (QED) is 0.396. The maximum absolute atomic E-state index is 12.7. The van der Waals surface area contributed by atoms with Gasteiger partial charge in [-0.3, -0.25) is 9.59 Å². The number of sulfone groups is 1. The molecule has 0 saturated heterocycles. The third-order valence-electron chi connectivity index (χ3n) is 3.95. The van der Waals surface area contributed by atoms with Crippen LogP contribution in [0, 0.1) is 0 Å². The highest BCUT2D eigenvalue weighted by atomic mass is 35.5. The molecule has 1 aliphatic rings. The van der Waals surface area contributed by atoms with Crippen LogP contribution in [0.1, 0.15) is 30.4 Å². The fraction of sp³-hybridized carbons (Fsp3) is 0.412. The Morgan fingerprint density at radius 1 is 1.21 bits per heavy atom. The largest absolute Gasteiger partial charge is 0.871 e. The fourth-order valence-electron chi connectivity index (χ4n) is 2.73. The predicted molar refractivity (Wildman–Crippen MR) is 91.1 cm³/mol. The van der Waals surface area contributed by atoms with Crippen LogP contribution in [0.4, 0.5) is 13.2 Å². The second kappa shape index (κ2) is 8.22. The first kappa shape index (κ1) is 22.4. The summed E-state index contributed by atoms with van der Waals surface area (Å²) in [6.45, 7) is -2.49. The number of halogens is 4. The van der Waals surface area contributed by atoms with Crippen LogP contribution >= 0.6 is 11.6 Å². The van der Waals surface area contributed by atoms with Crippen molar-refractivity contribution >= 4 is 38.8 Å². The van der Waals surface area contributed by atoms with Gasteiger partial charge in [0.25, 0.3) is 0 Å². The van der Waals surface area contributed by atoms with E-state index in [0.717, 1.165) is 18.4 Å². The van der Waals surface area contributed by atoms with E-state index in [1.165, 1.54) is 0 Å². The molecule has 0 aromatic heterocycles. The lowest BCUT2D eigenvalue weighted by Gasteiger charge is -2.23. The first-order valence-electron chi connectivity index (χ1n) is 7.97. The van der Waals surface area contributed by atoms with Crippen molar-refractivity contribution in [3.8, 4) is 0 Å². The fourth-order valence-corrected chi connectivity index (χ4v) is 4.02. The highest BCUT2D eigenvalue weighted by Gasteiger charge is 2.29. The van der Waals surface area contributed by atoms with Crippen LogP contribution in [0.3, 0.4) is 0 Å². The average Bonchev–Trinajstić information content (AvgIpc) is 2.53. The zero-order chi connectivity index (χ0) is 21.3. The number of Topliss-reactive ketones (excluding diaryl/α,β-unsaturated/α-hetero) is 2. The van der Waals surface area contributed by atoms with Gasteiger partial charge in [-0.05, 0) is 18.1 Å². The van der Waals surface area contributed by atoms with E-state index in [9.17, 15) is 36.3 Å². The van der Waals surface area contributed by atoms with Crippen molar-refractivity contribution in [3.63, 3.8) is 0 Å². The summed E-state index contributed by atoms with van der Waals surface area (Å²) >= 11 is 6.10. The van der Waals surface area contributed by atoms with Crippen LogP contribution in [0.5, 0.6) is 0 Å². The molecule has 1 fully saturated rings. The Bertz CT molecular complexity index is 932. The molecule has 0 amide bonds. The summed E-state index contributed by atoms with van der Waals surface area (Å²) in [4.78, 5) is 23.5. The first-order valence-corrected chi connectivity index (χ1v) is 10.2. The van der Waals surface area contributed by atoms with Crippen molar-refractivity contribution in [1.82, 2.24) is 0 Å². The summed E-state index contributed by atoms with van der Waals surface area (Å²) in [5.74, 6) is -2.30. The second-order valence-corrected chi connectivity index (χ2v) is 8.55. The van der Waals surface area contributed by atoms with Gasteiger partial charge < -0.3 is 9.84 Å². The number of hydrogen-bond acceptors (Lipinski definition) is 6. The van der Waals surface area contributed by atoms with Crippen molar-refractivity contribution in [1.29, 1.82) is 0 Å². The van der Waals surface area contributed by atoms with Crippen LogP contribution in [0.15, 0.2) is 22.6 Å². The Morgan fingerprint density at radius 2 is 1.79 bits per heavy atom. The lowest BCUT2D eigenvalue weighted by molar-refractivity contribution is -0.244. The molecular formula is C17H15ClF3O6S-. The van der Waals surface area contributed by atoms with Crippen LogP contribution in [-0.2, 0) is 30.8 Å². The van der Waals surface area contributed by atoms with Gasteiger partial charge in [-0.15, -0.1) is 0 Å². The second-order valence-electron chi connectivity index (χ2n) is 6.19. The summed E-state index contributed by atoms with van der Waals surface area (Å²) < 4.78 is 65.3. The molecule has 1 saturated carbocycles. The van der Waals surface area contributed by atoms with Crippen LogP contribution in [-0.4, -0.2) is 39.0 Å². The normalized spacial score (nSPS) is 15.8. The van der Waals surface area contributed by atoms with E-state index in [2.05, 4.69) is 4.74 Å². The smallest absolute Gasteiger partial charge is 0.411 e. The van der Waals surface area contributed by atoms with Gasteiger partial charge in [0.2, 0.25) is 0 Å². The molecule has 11 heteroatoms. The zero-order valence-electron chi connectivity index (χ0n) is 14.6. The lowest BCUT2D eigenvalue weighted by atomic mass is 9.89. The molecule has 2 rings (SSSR count). The number of rotatable bonds is 5. The standard InChI is InChI=1S/C17H16ClF3O6S/c1-28(25,26)13-6-5-9(15(18)10(13)7-27-8-17(19,20)21)16(24)14-11(22)3-2-4-12(14)23/h5-6,24H,2-4,7-8H2,1H3/p-1. The van der Waals surface area contributed by atoms with Gasteiger partial charge in [0.15, 0.2) is 21.4 Å². The number of ketones is 2. The number of carbonyl (C=O) groups excluding carboxylic acids is 2. The molecule has 6 nitrogen and oxygen atoms in total. The Morgan fingerprint density at radius 3 is 2.29 bits per heavy atom. The minimum absolute atomic E-state index is 0.00735. The van der Waals surface area contributed by atoms with E-state index in [4.69, 9.17) is 11.6 Å². The molecule has 0 aliphatic heterocycles. The van der Waals surface area contributed by atoms with Crippen molar-refractivity contribution in [2.75, 3.05) is 12.9 Å². The van der Waals surface area contributed by atoms with E-state index in [-0.39, 0.29) is 24.0 Å². The molecule has 1 aromatic rings. The van der Waals surface area contributed by atoms with Crippen LogP contribution < -0.4 is 5.11 Å². The maximum atomic E-state index is 12.7. The Labute approximate surface area is 163 Å². The van der Waals surface area contributed by atoms with Crippen molar-refractivity contribution in [2.45, 2.75) is 36.9 Å². The third-order valence-corrected chi connectivity index (χ3v) is 5.56. The Hall–Kier alpha value is -1.91. The molecule has 0 unspecified atom stereocenters. The van der Waals surface area contributed by atoms with Crippen LogP contribution in [0.2, 0.25) is 5.02 Å². The minimum Gasteiger partial charge on any atom is -0.871 e. The molecule has 1 aromatic carbocycles. The molecule has 0 radical (unpaired) electrons. The summed E-state index contributed by atoms with van der Waals surface area (Å²) in [6, 6.07) is 2.01. The summed E-state index contributed by atoms with van der Waals surface area (Å²) in [7, 11) is -3.91. The average molecular weight is 440 g/mol. The van der Waals surface area contributed by atoms with Gasteiger partial charge >= 0.3 is 6.18 Å². The van der Waals surface area contributed by atoms with Crippen LogP contribution in [0.25, 0.3) is 5.76 Å². The number of alkyl halides is 3. The number of hydrogen-bond donors (Lipinski definition) is 0. The number of carbonyl (C=O) groups is 2. The van der Waals surface area contributed by atoms with Gasteiger partial charge in [-0.25, -0.2) is 8.42 Å². The predicted octanol–water partition coefficient (Wildman–Crippen LogP) is 2.22. The minimum atomic E-state index is -4.65. The van der Waals surface area contributed by atoms with Crippen molar-refractivity contribution in [2.24, 2.45) is 0 Å². The first-order chi connectivity index (χ1) is 12.8. The van der Waals surface area contributed by atoms with Gasteiger partial charge in [-0.1, -0.05) is 23.4 Å². The van der Waals surface area contributed by atoms with Crippen molar-refractivity contribution < 1.29 is 41.0 Å². The van der Waals surface area contributed by atoms with E-state index in [1.807, 2.05) is 0 Å². The Kier molecular flexibility index (Phi) is 6.57. The maximum Gasteiger partial charge on any atom is 0.411 e. The molecule has 1 aliphatic carbocycles. The van der Waals surface area contributed by atoms with Crippen molar-refractivity contribution in [3.05, 3.63) is 33.9 Å². The molecule has 28 heavy (non-hydrogen) atoms. The van der Waals surface area contributed by atoms with E-state index >= 15 is 0 Å². The van der Waals surface area contributed by atoms with E-state index < -0.39 is 62.0 Å². The highest BCUT2D eigenvalue weighted by molar-refractivity contribution is 7.90. The number of ether oxygens (including phenoxy) is 1. The molecule has 0 spiro atoms. The summed E-state index contributed by atoms with van der Waals surface area (Å²) in [5.41, 5.74) is -1.27. The molecule has 0 bridgehead atoms. The Balaban J connectivity index is 2.57. The monoisotopic (exact) mass is 439 g/mol. The number of allylic oxidation sites excluding steroid dienone is 1. The zero-order valence-corrected chi connectivity index (χ0v) is 16.1. The number of benzene rings is 1. The molecule has 0 atom stereocenters. The lowest BCUT2D eigenvalue weighted by Crippen LogP contribution is -2.24. The summed E-state index contributed by atoms with van der Waals surface area (Å²) in [6.07, 6.45) is -3.51. The van der Waals surface area contributed by atoms with Gasteiger partial charge in [-0.2, -0.15) is 13.2 Å². The van der Waals surface area contributed by atoms with Gasteiger partial charge in [0.05, 0.1) is 22.1 Å². The highest BCUT2D eigenvalue weighted by Crippen LogP contribution is 2.34. The van der Waals surface area contributed by atoms with Gasteiger partial charge in [0.1, 0.15) is 6.61 Å². The molecule has 0 N–H and O–H groups in total. The van der Waals surface area contributed by atoms with Gasteiger partial charge in [0, 0.05) is 24.7 Å².